The van der Waals surface area contributed by atoms with Gasteiger partial charge in [-0.15, -0.1) is 0 Å². The number of amides is 2. The lowest BCUT2D eigenvalue weighted by Crippen LogP contribution is -2.25. The van der Waals surface area contributed by atoms with Gasteiger partial charge in [-0.1, -0.05) is 0 Å². The molecule has 0 atom stereocenters. The number of carbonyl (C=O) groups excluding carboxylic acids is 2. The zero-order valence-electron chi connectivity index (χ0n) is 11.1. The van der Waals surface area contributed by atoms with Gasteiger partial charge >= 0.3 is 0 Å². The van der Waals surface area contributed by atoms with Crippen LogP contribution < -0.4 is 26.8 Å². The first-order chi connectivity index (χ1) is 9.56. The summed E-state index contributed by atoms with van der Waals surface area (Å²) in [5, 5.41) is 5.89. The number of anilines is 3. The highest BCUT2D eigenvalue weighted by Gasteiger charge is 2.17. The van der Waals surface area contributed by atoms with Crippen LogP contribution >= 0.6 is 0 Å². The second-order valence-electron chi connectivity index (χ2n) is 4.62. The van der Waals surface area contributed by atoms with Crippen molar-refractivity contribution in [3.05, 3.63) is 12.1 Å². The molecule has 0 aliphatic carbocycles. The molecule has 6 N–H and O–H groups in total. The Bertz CT molecular complexity index is 531. The molecule has 1 aromatic rings. The quantitative estimate of drug-likeness (QED) is 0.450. The molecule has 1 aliphatic heterocycles. The molecule has 2 rings (SSSR count). The van der Waals surface area contributed by atoms with Crippen LogP contribution in [0.1, 0.15) is 19.3 Å². The third kappa shape index (κ3) is 3.53. The fourth-order valence-electron chi connectivity index (χ4n) is 1.94. The maximum atomic E-state index is 11.3. The number of fused-ring (bicyclic) bond motifs is 1. The number of rotatable bonds is 6. The van der Waals surface area contributed by atoms with E-state index >= 15 is 0 Å². The predicted octanol–water partition coefficient (Wildman–Crippen LogP) is 0.667. The summed E-state index contributed by atoms with van der Waals surface area (Å²) in [6.07, 6.45) is 1.92. The molecule has 7 heteroatoms. The highest BCUT2D eigenvalue weighted by atomic mass is 16.5. The van der Waals surface area contributed by atoms with Gasteiger partial charge in [-0.25, -0.2) is 0 Å². The molecule has 0 saturated carbocycles. The number of unbranched alkanes of at least 4 members (excludes halogenated alkanes) is 1. The normalized spacial score (nSPS) is 13.1. The summed E-state index contributed by atoms with van der Waals surface area (Å²) < 4.78 is 5.27. The zero-order chi connectivity index (χ0) is 14.5. The summed E-state index contributed by atoms with van der Waals surface area (Å²) in [5.41, 5.74) is 12.9. The van der Waals surface area contributed by atoms with Crippen molar-refractivity contribution in [2.45, 2.75) is 19.3 Å². The number of nitrogen functional groups attached to an aromatic ring is 1. The number of hydrogen-bond donors (Lipinski definition) is 4. The van der Waals surface area contributed by atoms with Gasteiger partial charge in [-0.3, -0.25) is 9.59 Å². The second kappa shape index (κ2) is 6.14. The Balaban J connectivity index is 1.93. The van der Waals surface area contributed by atoms with E-state index in [0.717, 1.165) is 18.5 Å². The number of primary amides is 1. The minimum atomic E-state index is -0.293. The average molecular weight is 278 g/mol. The molecule has 2 amide bonds. The zero-order valence-corrected chi connectivity index (χ0v) is 11.1. The van der Waals surface area contributed by atoms with Crippen molar-refractivity contribution >= 4 is 28.9 Å². The minimum Gasteiger partial charge on any atom is -0.482 e. The van der Waals surface area contributed by atoms with E-state index in [-0.39, 0.29) is 18.4 Å². The van der Waals surface area contributed by atoms with Gasteiger partial charge in [0, 0.05) is 19.0 Å². The largest absolute Gasteiger partial charge is 0.482 e. The summed E-state index contributed by atoms with van der Waals surface area (Å²) in [4.78, 5) is 21.9. The third-order valence-corrected chi connectivity index (χ3v) is 2.95. The lowest BCUT2D eigenvalue weighted by atomic mass is 10.2. The summed E-state index contributed by atoms with van der Waals surface area (Å²) in [7, 11) is 0. The molecule has 0 saturated heterocycles. The van der Waals surface area contributed by atoms with E-state index in [9.17, 15) is 9.59 Å². The van der Waals surface area contributed by atoms with Gasteiger partial charge in [0.05, 0.1) is 17.1 Å². The van der Waals surface area contributed by atoms with E-state index in [1.165, 1.54) is 0 Å². The highest BCUT2D eigenvalue weighted by Crippen LogP contribution is 2.35. The first-order valence-electron chi connectivity index (χ1n) is 6.44. The van der Waals surface area contributed by atoms with E-state index in [2.05, 4.69) is 10.6 Å². The molecular formula is C13H18N4O3. The van der Waals surface area contributed by atoms with Crippen LogP contribution in [0.4, 0.5) is 17.1 Å². The number of ether oxygens (including phenoxy) is 1. The third-order valence-electron chi connectivity index (χ3n) is 2.95. The molecule has 7 nitrogen and oxygen atoms in total. The van der Waals surface area contributed by atoms with Gasteiger partial charge in [0.15, 0.2) is 6.61 Å². The Morgan fingerprint density at radius 1 is 1.40 bits per heavy atom. The first-order valence-corrected chi connectivity index (χ1v) is 6.44. The molecule has 1 aliphatic rings. The van der Waals surface area contributed by atoms with E-state index in [4.69, 9.17) is 16.2 Å². The summed E-state index contributed by atoms with van der Waals surface area (Å²) in [6.45, 7) is 0.678. The Hall–Kier alpha value is -2.44. The highest BCUT2D eigenvalue weighted by molar-refractivity contribution is 5.97. The van der Waals surface area contributed by atoms with E-state index < -0.39 is 0 Å². The number of nitrogens with two attached hydrogens (primary N) is 2. The minimum absolute atomic E-state index is 0.00628. The molecule has 0 bridgehead atoms. The molecule has 1 aromatic carbocycles. The Labute approximate surface area is 116 Å². The Morgan fingerprint density at radius 2 is 2.20 bits per heavy atom. The smallest absolute Gasteiger partial charge is 0.262 e. The van der Waals surface area contributed by atoms with Crippen molar-refractivity contribution in [1.29, 1.82) is 0 Å². The number of hydrogen-bond acceptors (Lipinski definition) is 5. The van der Waals surface area contributed by atoms with Crippen LogP contribution in [-0.2, 0) is 9.59 Å². The van der Waals surface area contributed by atoms with Crippen LogP contribution in [0.15, 0.2) is 12.1 Å². The number of carbonyl (C=O) groups is 2. The molecule has 20 heavy (non-hydrogen) atoms. The molecular weight excluding hydrogens is 260 g/mol. The van der Waals surface area contributed by atoms with Crippen molar-refractivity contribution in [2.24, 2.45) is 5.73 Å². The molecule has 0 unspecified atom stereocenters. The molecule has 0 spiro atoms. The first kappa shape index (κ1) is 14.0. The van der Waals surface area contributed by atoms with Gasteiger partial charge < -0.3 is 26.8 Å². The van der Waals surface area contributed by atoms with Crippen LogP contribution in [0.5, 0.6) is 5.75 Å². The van der Waals surface area contributed by atoms with Crippen LogP contribution in [0, 0.1) is 0 Å². The molecule has 1 heterocycles. The maximum Gasteiger partial charge on any atom is 0.262 e. The fraction of sp³-hybridized carbons (Fsp3) is 0.385. The van der Waals surface area contributed by atoms with Gasteiger partial charge in [0.25, 0.3) is 5.91 Å². The lowest BCUT2D eigenvalue weighted by Gasteiger charge is -2.20. The Morgan fingerprint density at radius 3 is 2.95 bits per heavy atom. The maximum absolute atomic E-state index is 11.3. The van der Waals surface area contributed by atoms with Crippen molar-refractivity contribution in [3.8, 4) is 5.75 Å². The van der Waals surface area contributed by atoms with Crippen LogP contribution in [0.2, 0.25) is 0 Å². The second-order valence-corrected chi connectivity index (χ2v) is 4.62. The van der Waals surface area contributed by atoms with E-state index in [1.807, 2.05) is 0 Å². The van der Waals surface area contributed by atoms with Gasteiger partial charge in [0.1, 0.15) is 5.75 Å². The number of benzene rings is 1. The standard InChI is InChI=1S/C13H18N4O3/c14-8-5-11-10(17-13(19)7-20-11)6-9(8)16-4-2-1-3-12(15)18/h5-6,16H,1-4,7,14H2,(H2,15,18)(H,17,19). The Kier molecular flexibility index (Phi) is 4.29. The molecule has 0 aromatic heterocycles. The number of nitrogens with one attached hydrogen (secondary N) is 2. The summed E-state index contributed by atoms with van der Waals surface area (Å²) >= 11 is 0. The summed E-state index contributed by atoms with van der Waals surface area (Å²) in [5.74, 6) is 0.0919. The van der Waals surface area contributed by atoms with Gasteiger partial charge in [-0.05, 0) is 18.9 Å². The van der Waals surface area contributed by atoms with E-state index in [1.54, 1.807) is 12.1 Å². The van der Waals surface area contributed by atoms with Crippen molar-refractivity contribution < 1.29 is 14.3 Å². The van der Waals surface area contributed by atoms with Crippen LogP contribution in [0.3, 0.4) is 0 Å². The summed E-state index contributed by atoms with van der Waals surface area (Å²) in [6, 6.07) is 3.43. The fourth-order valence-corrected chi connectivity index (χ4v) is 1.94. The lowest BCUT2D eigenvalue weighted by molar-refractivity contribution is -0.119. The SMILES string of the molecule is NC(=O)CCCCNc1cc2c(cc1N)OCC(=O)N2. The topological polar surface area (TPSA) is 119 Å². The van der Waals surface area contributed by atoms with E-state index in [0.29, 0.717) is 30.1 Å². The van der Waals surface area contributed by atoms with Crippen LogP contribution in [0.25, 0.3) is 0 Å². The molecule has 108 valence electrons. The molecule has 0 radical (unpaired) electrons. The van der Waals surface area contributed by atoms with Crippen molar-refractivity contribution in [2.75, 3.05) is 29.5 Å². The van der Waals surface area contributed by atoms with Crippen LogP contribution in [-0.4, -0.2) is 25.0 Å². The molecule has 0 fully saturated rings. The average Bonchev–Trinajstić information content (AvgIpc) is 2.39. The predicted molar refractivity (Wildman–Crippen MR) is 76.5 cm³/mol. The monoisotopic (exact) mass is 278 g/mol. The van der Waals surface area contributed by atoms with Gasteiger partial charge in [-0.2, -0.15) is 0 Å². The van der Waals surface area contributed by atoms with Crippen molar-refractivity contribution in [3.63, 3.8) is 0 Å². The van der Waals surface area contributed by atoms with Crippen molar-refractivity contribution in [1.82, 2.24) is 0 Å². The van der Waals surface area contributed by atoms with Gasteiger partial charge in [0.2, 0.25) is 5.91 Å².